The molecule has 3 rings (SSSR count). The highest BCUT2D eigenvalue weighted by atomic mass is 32.2. The molecule has 0 radical (unpaired) electrons. The second-order valence-corrected chi connectivity index (χ2v) is 9.65. The Hall–Kier alpha value is -3.45. The molecule has 184 valence electrons. The number of hydrogen-bond donors (Lipinski definition) is 4. The molecule has 0 saturated carbocycles. The lowest BCUT2D eigenvalue weighted by atomic mass is 9.92. The highest BCUT2D eigenvalue weighted by Gasteiger charge is 2.51. The summed E-state index contributed by atoms with van der Waals surface area (Å²) in [5.74, 6) is -4.21. The van der Waals surface area contributed by atoms with E-state index in [0.717, 1.165) is 18.0 Å². The number of carboxylic acid groups (broad SMARTS) is 1. The van der Waals surface area contributed by atoms with E-state index in [1.165, 1.54) is 24.3 Å². The van der Waals surface area contributed by atoms with Crippen LogP contribution in [0.1, 0.15) is 32.8 Å². The fraction of sp³-hybridized carbons (Fsp3) is 0.429. The number of carboxylic acids is 1. The van der Waals surface area contributed by atoms with Crippen molar-refractivity contribution in [3.63, 3.8) is 0 Å². The van der Waals surface area contributed by atoms with Gasteiger partial charge in [0, 0.05) is 18.7 Å². The smallest absolute Gasteiger partial charge is 0.328 e. The standard InChI is InChI=1S/C21H25N3O9S/c1-10-7-16(26)24(10)18(20(29)30)21(3,34(31)32)9-22-23-19(28)13-8-15(33-11(13)2)12-5-4-6-14(25)17(12)27/h4-6,8-11,13,18,25,27H,7H2,1-3H3,(H,23,28)(H,29,30)(H,31,32)/p-1/b22-9+/t10-,11-,13+,18+,21+/m1/s1. The minimum atomic E-state index is -3.01. The zero-order valence-corrected chi connectivity index (χ0v) is 19.3. The molecule has 2 amide bonds. The average Bonchev–Trinajstić information content (AvgIpc) is 3.14. The Morgan fingerprint density at radius 1 is 1.38 bits per heavy atom. The van der Waals surface area contributed by atoms with Gasteiger partial charge in [-0.05, 0) is 50.1 Å². The molecule has 1 saturated heterocycles. The number of phenolic OH excluding ortho intramolecular Hbond substituents is 2. The molecule has 34 heavy (non-hydrogen) atoms. The van der Waals surface area contributed by atoms with Gasteiger partial charge in [0.05, 0.1) is 16.2 Å². The van der Waals surface area contributed by atoms with E-state index in [1.54, 1.807) is 13.8 Å². The highest BCUT2D eigenvalue weighted by molar-refractivity contribution is 7.81. The monoisotopic (exact) mass is 494 g/mol. The summed E-state index contributed by atoms with van der Waals surface area (Å²) in [4.78, 5) is 37.4. The number of benzene rings is 1. The summed E-state index contributed by atoms with van der Waals surface area (Å²) in [5.41, 5.74) is 2.36. The summed E-state index contributed by atoms with van der Waals surface area (Å²) in [7, 11) is 0. The quantitative estimate of drug-likeness (QED) is 0.129. The number of para-hydroxylation sites is 1. The predicted molar refractivity (Wildman–Crippen MR) is 118 cm³/mol. The Bertz CT molecular complexity index is 1100. The van der Waals surface area contributed by atoms with Crippen LogP contribution in [0.5, 0.6) is 11.5 Å². The summed E-state index contributed by atoms with van der Waals surface area (Å²) in [5, 5.41) is 33.0. The van der Waals surface area contributed by atoms with Gasteiger partial charge in [-0.1, -0.05) is 6.07 Å². The number of amides is 2. The topological polar surface area (TPSA) is 189 Å². The van der Waals surface area contributed by atoms with E-state index < -0.39 is 63.5 Å². The Balaban J connectivity index is 1.79. The number of aromatic hydroxyl groups is 2. The zero-order chi connectivity index (χ0) is 25.4. The van der Waals surface area contributed by atoms with Gasteiger partial charge in [-0.2, -0.15) is 5.10 Å². The molecule has 2 aliphatic rings. The van der Waals surface area contributed by atoms with Crippen LogP contribution in [0.15, 0.2) is 29.4 Å². The third-order valence-electron chi connectivity index (χ3n) is 5.88. The van der Waals surface area contributed by atoms with Gasteiger partial charge in [-0.3, -0.25) is 13.8 Å². The Morgan fingerprint density at radius 2 is 2.06 bits per heavy atom. The second kappa shape index (κ2) is 9.43. The van der Waals surface area contributed by atoms with E-state index in [0.29, 0.717) is 0 Å². The summed E-state index contributed by atoms with van der Waals surface area (Å²) in [6.07, 6.45) is 1.60. The van der Waals surface area contributed by atoms with Crippen molar-refractivity contribution in [3.05, 3.63) is 29.8 Å². The maximum atomic E-state index is 12.7. The van der Waals surface area contributed by atoms with Gasteiger partial charge in [-0.15, -0.1) is 0 Å². The number of hydrazone groups is 1. The van der Waals surface area contributed by atoms with E-state index in [2.05, 4.69) is 10.5 Å². The normalized spacial score (nSPS) is 25.6. The lowest BCUT2D eigenvalue weighted by Gasteiger charge is -2.48. The van der Waals surface area contributed by atoms with Gasteiger partial charge in [0.1, 0.15) is 11.9 Å². The molecule has 1 aromatic rings. The van der Waals surface area contributed by atoms with Crippen molar-refractivity contribution in [2.75, 3.05) is 0 Å². The molecule has 0 aromatic heterocycles. The molecule has 2 heterocycles. The molecule has 13 heteroatoms. The van der Waals surface area contributed by atoms with Crippen molar-refractivity contribution >= 4 is 40.8 Å². The number of likely N-dealkylation sites (tertiary alicyclic amines) is 1. The van der Waals surface area contributed by atoms with Gasteiger partial charge in [0.15, 0.2) is 17.5 Å². The molecule has 1 unspecified atom stereocenters. The van der Waals surface area contributed by atoms with E-state index >= 15 is 0 Å². The Kier molecular flexibility index (Phi) is 6.98. The molecular weight excluding hydrogens is 470 g/mol. The molecule has 1 aromatic carbocycles. The van der Waals surface area contributed by atoms with Crippen molar-refractivity contribution in [2.24, 2.45) is 11.0 Å². The van der Waals surface area contributed by atoms with Crippen LogP contribution in [0, 0.1) is 5.92 Å². The van der Waals surface area contributed by atoms with Gasteiger partial charge < -0.3 is 29.5 Å². The Morgan fingerprint density at radius 3 is 2.62 bits per heavy atom. The van der Waals surface area contributed by atoms with Crippen molar-refractivity contribution in [1.29, 1.82) is 0 Å². The molecule has 2 aliphatic heterocycles. The molecule has 12 nitrogen and oxygen atoms in total. The summed E-state index contributed by atoms with van der Waals surface area (Å²) >= 11 is -3.01. The van der Waals surface area contributed by atoms with Crippen molar-refractivity contribution < 1.29 is 43.2 Å². The molecule has 1 fully saturated rings. The van der Waals surface area contributed by atoms with E-state index in [9.17, 15) is 38.5 Å². The maximum absolute atomic E-state index is 12.7. The third-order valence-corrected chi connectivity index (χ3v) is 6.92. The number of β-lactam (4-membered cyclic amide) rings is 1. The third kappa shape index (κ3) is 4.48. The van der Waals surface area contributed by atoms with Crippen LogP contribution in [0.2, 0.25) is 0 Å². The van der Waals surface area contributed by atoms with Crippen LogP contribution >= 0.6 is 0 Å². The first-order valence-corrected chi connectivity index (χ1v) is 11.3. The molecule has 0 spiro atoms. The van der Waals surface area contributed by atoms with Crippen LogP contribution in [-0.2, 0) is 30.2 Å². The average molecular weight is 495 g/mol. The molecular formula is C21H24N3O9S-. The molecule has 0 bridgehead atoms. The van der Waals surface area contributed by atoms with Crippen LogP contribution in [-0.4, -0.2) is 75.9 Å². The van der Waals surface area contributed by atoms with Gasteiger partial charge in [-0.25, -0.2) is 10.2 Å². The van der Waals surface area contributed by atoms with E-state index in [1.807, 2.05) is 0 Å². The Labute approximate surface area is 197 Å². The molecule has 6 atom stereocenters. The van der Waals surface area contributed by atoms with Gasteiger partial charge >= 0.3 is 5.97 Å². The van der Waals surface area contributed by atoms with Crippen LogP contribution < -0.4 is 5.43 Å². The number of ether oxygens (including phenoxy) is 1. The van der Waals surface area contributed by atoms with Gasteiger partial charge in [0.2, 0.25) is 5.91 Å². The van der Waals surface area contributed by atoms with Crippen molar-refractivity contribution in [2.45, 2.75) is 50.1 Å². The van der Waals surface area contributed by atoms with Crippen LogP contribution in [0.4, 0.5) is 0 Å². The maximum Gasteiger partial charge on any atom is 0.328 e. The minimum absolute atomic E-state index is 0.0994. The van der Waals surface area contributed by atoms with E-state index in [-0.39, 0.29) is 23.5 Å². The first kappa shape index (κ1) is 25.2. The van der Waals surface area contributed by atoms with Crippen LogP contribution in [0.3, 0.4) is 0 Å². The number of nitrogens with zero attached hydrogens (tertiary/aromatic N) is 2. The number of rotatable bonds is 8. The van der Waals surface area contributed by atoms with Crippen molar-refractivity contribution in [1.82, 2.24) is 10.3 Å². The fourth-order valence-electron chi connectivity index (χ4n) is 3.92. The van der Waals surface area contributed by atoms with E-state index in [4.69, 9.17) is 4.74 Å². The van der Waals surface area contributed by atoms with Crippen LogP contribution in [0.25, 0.3) is 5.76 Å². The predicted octanol–water partition coefficient (Wildman–Crippen LogP) is 0.287. The lowest BCUT2D eigenvalue weighted by Crippen LogP contribution is -2.67. The summed E-state index contributed by atoms with van der Waals surface area (Å²) in [6, 6.07) is 2.06. The highest BCUT2D eigenvalue weighted by Crippen LogP contribution is 2.38. The first-order valence-electron chi connectivity index (χ1n) is 10.3. The van der Waals surface area contributed by atoms with Gasteiger partial charge in [0.25, 0.3) is 5.91 Å². The fourth-order valence-corrected chi connectivity index (χ4v) is 4.45. The number of aliphatic carboxylic acids is 1. The number of nitrogens with one attached hydrogen (secondary N) is 1. The number of carbonyl (C=O) groups excluding carboxylic acids is 2. The molecule has 0 aliphatic carbocycles. The summed E-state index contributed by atoms with van der Waals surface area (Å²) < 4.78 is 27.5. The number of carbonyl (C=O) groups is 3. The first-order chi connectivity index (χ1) is 15.9. The summed E-state index contributed by atoms with van der Waals surface area (Å²) in [6.45, 7) is 4.28. The SMILES string of the molecule is C[C@@H]1CC(=O)N1[C@@H](C(=O)O)[C@](C)(/C=N/NC(=O)[C@H]1C=C(c2cccc(O)c2O)O[C@@H]1C)S(=O)[O-]. The largest absolute Gasteiger partial charge is 0.772 e. The molecule has 4 N–H and O–H groups in total. The lowest BCUT2D eigenvalue weighted by molar-refractivity contribution is -0.161. The number of hydrogen-bond acceptors (Lipinski definition) is 9. The minimum Gasteiger partial charge on any atom is -0.772 e. The van der Waals surface area contributed by atoms with Crippen molar-refractivity contribution in [3.8, 4) is 11.5 Å². The zero-order valence-electron chi connectivity index (χ0n) is 18.5. The second-order valence-electron chi connectivity index (χ2n) is 8.30. The number of phenols is 2.